The molecule has 0 saturated carbocycles. The van der Waals surface area contributed by atoms with Gasteiger partial charge in [-0.1, -0.05) is 142 Å². The lowest BCUT2D eigenvalue weighted by Crippen LogP contribution is -2.54. The standard InChI is InChI=1S/C32H58O8/c1-3-5-7-9-10-11-12-13-14-15-16-17-18-19-21-22-24-27(30(36)37)32(31(38)39,26-28(33)34)40-29(35)25-23-20-8-6-4-2/h27H,3-26H2,1-2H3,(H,33,34)(H,36,37)(H,38,39). The van der Waals surface area contributed by atoms with E-state index < -0.39 is 41.8 Å². The molecule has 234 valence electrons. The van der Waals surface area contributed by atoms with Crippen LogP contribution >= 0.6 is 0 Å². The van der Waals surface area contributed by atoms with Crippen molar-refractivity contribution in [2.24, 2.45) is 5.92 Å². The van der Waals surface area contributed by atoms with E-state index in [4.69, 9.17) is 4.74 Å². The van der Waals surface area contributed by atoms with E-state index in [-0.39, 0.29) is 12.8 Å². The van der Waals surface area contributed by atoms with E-state index in [2.05, 4.69) is 13.8 Å². The molecule has 0 rings (SSSR count). The lowest BCUT2D eigenvalue weighted by molar-refractivity contribution is -0.195. The summed E-state index contributed by atoms with van der Waals surface area (Å²) in [5, 5.41) is 29.1. The normalized spacial score (nSPS) is 13.4. The van der Waals surface area contributed by atoms with E-state index in [1.54, 1.807) is 0 Å². The number of hydrogen-bond donors (Lipinski definition) is 3. The van der Waals surface area contributed by atoms with Gasteiger partial charge in [0.1, 0.15) is 5.92 Å². The SMILES string of the molecule is CCCCCCCCCCCCCCCCCCC(C(=O)O)C(CC(=O)O)(OC(=O)CCCCCCC)C(=O)O. The number of hydrogen-bond acceptors (Lipinski definition) is 5. The molecule has 8 nitrogen and oxygen atoms in total. The Morgan fingerprint density at radius 3 is 1.30 bits per heavy atom. The van der Waals surface area contributed by atoms with Crippen LogP contribution in [0, 0.1) is 5.92 Å². The Bertz CT molecular complexity index is 692. The van der Waals surface area contributed by atoms with E-state index >= 15 is 0 Å². The first kappa shape index (κ1) is 37.9. The number of carboxylic acid groups (broad SMARTS) is 3. The second-order valence-corrected chi connectivity index (χ2v) is 11.4. The highest BCUT2D eigenvalue weighted by Gasteiger charge is 2.54. The van der Waals surface area contributed by atoms with Crippen molar-refractivity contribution in [3.8, 4) is 0 Å². The maximum absolute atomic E-state index is 12.5. The number of carbonyl (C=O) groups excluding carboxylic acids is 1. The van der Waals surface area contributed by atoms with Crippen LogP contribution in [-0.4, -0.2) is 44.8 Å². The molecule has 8 heteroatoms. The fourth-order valence-corrected chi connectivity index (χ4v) is 5.30. The summed E-state index contributed by atoms with van der Waals surface area (Å²) in [4.78, 5) is 48.3. The lowest BCUT2D eigenvalue weighted by atomic mass is 9.80. The van der Waals surface area contributed by atoms with Crippen LogP contribution in [0.25, 0.3) is 0 Å². The predicted molar refractivity (Wildman–Crippen MR) is 157 cm³/mol. The smallest absolute Gasteiger partial charge is 0.349 e. The summed E-state index contributed by atoms with van der Waals surface area (Å²) in [5.74, 6) is -7.19. The first-order valence-electron chi connectivity index (χ1n) is 16.1. The minimum Gasteiger partial charge on any atom is -0.481 e. The van der Waals surface area contributed by atoms with Crippen LogP contribution in [-0.2, 0) is 23.9 Å². The summed E-state index contributed by atoms with van der Waals surface area (Å²) in [5.41, 5.74) is -2.62. The van der Waals surface area contributed by atoms with Gasteiger partial charge in [-0.05, 0) is 12.8 Å². The quantitative estimate of drug-likeness (QED) is 0.0600. The zero-order valence-electron chi connectivity index (χ0n) is 25.4. The summed E-state index contributed by atoms with van der Waals surface area (Å²) in [6.45, 7) is 4.30. The highest BCUT2D eigenvalue weighted by Crippen LogP contribution is 2.33. The van der Waals surface area contributed by atoms with Gasteiger partial charge in [0, 0.05) is 6.42 Å². The molecule has 0 radical (unpaired) electrons. The highest BCUT2D eigenvalue weighted by molar-refractivity contribution is 5.92. The van der Waals surface area contributed by atoms with Gasteiger partial charge < -0.3 is 20.1 Å². The fraction of sp³-hybridized carbons (Fsp3) is 0.875. The predicted octanol–water partition coefficient (Wildman–Crippen LogP) is 8.54. The van der Waals surface area contributed by atoms with Crippen molar-refractivity contribution in [3.05, 3.63) is 0 Å². The largest absolute Gasteiger partial charge is 0.481 e. The third kappa shape index (κ3) is 18.3. The van der Waals surface area contributed by atoms with Gasteiger partial charge in [0.25, 0.3) is 0 Å². The monoisotopic (exact) mass is 570 g/mol. The molecule has 0 bridgehead atoms. The van der Waals surface area contributed by atoms with Crippen LogP contribution in [0.2, 0.25) is 0 Å². The molecule has 3 N–H and O–H groups in total. The van der Waals surface area contributed by atoms with Gasteiger partial charge in [0.05, 0.1) is 6.42 Å². The fourth-order valence-electron chi connectivity index (χ4n) is 5.30. The first-order chi connectivity index (χ1) is 19.2. The van der Waals surface area contributed by atoms with Gasteiger partial charge >= 0.3 is 23.9 Å². The molecule has 0 heterocycles. The van der Waals surface area contributed by atoms with Crippen molar-refractivity contribution in [3.63, 3.8) is 0 Å². The Labute approximate surface area is 242 Å². The van der Waals surface area contributed by atoms with Crippen LogP contribution in [0.4, 0.5) is 0 Å². The number of esters is 1. The molecule has 0 aliphatic carbocycles. The number of unbranched alkanes of at least 4 members (excludes halogenated alkanes) is 19. The summed E-state index contributed by atoms with van der Waals surface area (Å²) < 4.78 is 5.22. The molecule has 0 saturated heterocycles. The van der Waals surface area contributed by atoms with Crippen molar-refractivity contribution in [1.29, 1.82) is 0 Å². The van der Waals surface area contributed by atoms with Gasteiger partial charge in [-0.2, -0.15) is 0 Å². The highest BCUT2D eigenvalue weighted by atomic mass is 16.6. The average Bonchev–Trinajstić information content (AvgIpc) is 2.89. The Balaban J connectivity index is 4.50. The molecule has 0 aromatic carbocycles. The zero-order chi connectivity index (χ0) is 30.1. The molecule has 0 aromatic heterocycles. The van der Waals surface area contributed by atoms with E-state index in [0.717, 1.165) is 51.4 Å². The van der Waals surface area contributed by atoms with Gasteiger partial charge in [-0.15, -0.1) is 0 Å². The van der Waals surface area contributed by atoms with Crippen molar-refractivity contribution < 1.29 is 39.2 Å². The lowest BCUT2D eigenvalue weighted by Gasteiger charge is -2.33. The number of aliphatic carboxylic acids is 3. The molecule has 0 aromatic rings. The molecule has 0 aliphatic heterocycles. The van der Waals surface area contributed by atoms with E-state index in [1.807, 2.05) is 0 Å². The Hall–Kier alpha value is -2.12. The van der Waals surface area contributed by atoms with Crippen LogP contribution in [0.5, 0.6) is 0 Å². The Morgan fingerprint density at radius 2 is 0.950 bits per heavy atom. The third-order valence-corrected chi connectivity index (χ3v) is 7.76. The molecule has 0 amide bonds. The molecule has 0 aliphatic rings. The molecule has 2 unspecified atom stereocenters. The van der Waals surface area contributed by atoms with Crippen LogP contribution < -0.4 is 0 Å². The molecular weight excluding hydrogens is 512 g/mol. The molecular formula is C32H58O8. The average molecular weight is 571 g/mol. The van der Waals surface area contributed by atoms with E-state index in [0.29, 0.717) is 12.8 Å². The zero-order valence-corrected chi connectivity index (χ0v) is 25.4. The van der Waals surface area contributed by atoms with E-state index in [1.165, 1.54) is 70.6 Å². The van der Waals surface area contributed by atoms with Crippen LogP contribution in [0.3, 0.4) is 0 Å². The van der Waals surface area contributed by atoms with E-state index in [9.17, 15) is 34.5 Å². The number of carboxylic acids is 3. The number of rotatable bonds is 29. The minimum absolute atomic E-state index is 0.0584. The maximum Gasteiger partial charge on any atom is 0.349 e. The third-order valence-electron chi connectivity index (χ3n) is 7.76. The summed E-state index contributed by atoms with van der Waals surface area (Å²) in [7, 11) is 0. The minimum atomic E-state index is -2.62. The van der Waals surface area contributed by atoms with Gasteiger partial charge in [0.15, 0.2) is 0 Å². The molecule has 0 spiro atoms. The van der Waals surface area contributed by atoms with Crippen molar-refractivity contribution in [2.45, 2.75) is 174 Å². The summed E-state index contributed by atoms with van der Waals surface area (Å²) in [6, 6.07) is 0. The molecule has 2 atom stereocenters. The summed E-state index contributed by atoms with van der Waals surface area (Å²) >= 11 is 0. The van der Waals surface area contributed by atoms with Crippen molar-refractivity contribution in [2.75, 3.05) is 0 Å². The summed E-state index contributed by atoms with van der Waals surface area (Å²) in [6.07, 6.45) is 21.6. The maximum atomic E-state index is 12.5. The van der Waals surface area contributed by atoms with Crippen molar-refractivity contribution >= 4 is 23.9 Å². The number of carbonyl (C=O) groups is 4. The molecule has 0 fully saturated rings. The Kier molecular flexibility index (Phi) is 23.4. The number of ether oxygens (including phenoxy) is 1. The second-order valence-electron chi connectivity index (χ2n) is 11.4. The topological polar surface area (TPSA) is 138 Å². The van der Waals surface area contributed by atoms with Gasteiger partial charge in [-0.3, -0.25) is 14.4 Å². The van der Waals surface area contributed by atoms with Crippen molar-refractivity contribution in [1.82, 2.24) is 0 Å². The van der Waals surface area contributed by atoms with Gasteiger partial charge in [0.2, 0.25) is 5.60 Å². The van der Waals surface area contributed by atoms with Crippen LogP contribution in [0.1, 0.15) is 168 Å². The Morgan fingerprint density at radius 1 is 0.575 bits per heavy atom. The van der Waals surface area contributed by atoms with Crippen LogP contribution in [0.15, 0.2) is 0 Å². The molecule has 40 heavy (non-hydrogen) atoms. The van der Waals surface area contributed by atoms with Gasteiger partial charge in [-0.25, -0.2) is 4.79 Å². The first-order valence-corrected chi connectivity index (χ1v) is 16.1. The second kappa shape index (κ2) is 24.7.